The van der Waals surface area contributed by atoms with E-state index in [0.717, 1.165) is 12.7 Å². The Labute approximate surface area is 131 Å². The zero-order chi connectivity index (χ0) is 15.3. The Morgan fingerprint density at radius 1 is 1.05 bits per heavy atom. The summed E-state index contributed by atoms with van der Waals surface area (Å²) in [4.78, 5) is 18.3. The minimum absolute atomic E-state index is 0.586. The molecular formula is C18H22O2Sn. The summed E-state index contributed by atoms with van der Waals surface area (Å²) < 4.78 is 7.14. The maximum absolute atomic E-state index is 11.3. The van der Waals surface area contributed by atoms with Gasteiger partial charge in [0.1, 0.15) is 0 Å². The molecule has 0 aliphatic heterocycles. The Morgan fingerprint density at radius 3 is 2.38 bits per heavy atom. The second-order valence-electron chi connectivity index (χ2n) is 6.20. The van der Waals surface area contributed by atoms with Crippen LogP contribution in [0, 0.1) is 0 Å². The van der Waals surface area contributed by atoms with Crippen molar-refractivity contribution in [1.29, 1.82) is 0 Å². The number of carbonyl (C=O) groups is 1. The summed E-state index contributed by atoms with van der Waals surface area (Å²) in [5, 5.41) is 0. The van der Waals surface area contributed by atoms with Gasteiger partial charge in [0, 0.05) is 0 Å². The van der Waals surface area contributed by atoms with E-state index in [9.17, 15) is 4.79 Å². The molecule has 0 aromatic heterocycles. The summed E-state index contributed by atoms with van der Waals surface area (Å²) >= 11 is -2.13. The third-order valence-corrected chi connectivity index (χ3v) is 9.32. The van der Waals surface area contributed by atoms with Gasteiger partial charge in [-0.05, 0) is 0 Å². The van der Waals surface area contributed by atoms with Gasteiger partial charge in [-0.15, -0.1) is 0 Å². The van der Waals surface area contributed by atoms with Crippen LogP contribution in [0.3, 0.4) is 0 Å². The Morgan fingerprint density at radius 2 is 1.76 bits per heavy atom. The Bertz CT molecular complexity index is 600. The molecule has 21 heavy (non-hydrogen) atoms. The summed E-state index contributed by atoms with van der Waals surface area (Å²) in [7, 11) is 0. The van der Waals surface area contributed by atoms with E-state index in [1.807, 2.05) is 30.3 Å². The van der Waals surface area contributed by atoms with Crippen molar-refractivity contribution in [3.05, 3.63) is 59.7 Å². The number of rotatable bonds is 6. The molecule has 0 fully saturated rings. The molecule has 0 atom stereocenters. The first-order valence-electron chi connectivity index (χ1n) is 7.27. The number of ether oxygens (including phenoxy) is 1. The van der Waals surface area contributed by atoms with Gasteiger partial charge in [0.05, 0.1) is 0 Å². The molecule has 0 radical (unpaired) electrons. The van der Waals surface area contributed by atoms with Crippen LogP contribution in [-0.4, -0.2) is 31.3 Å². The van der Waals surface area contributed by atoms with E-state index in [1.54, 1.807) is 0 Å². The monoisotopic (exact) mass is 390 g/mol. The second-order valence-corrected chi connectivity index (χ2v) is 20.7. The standard InChI is InChI=1S/C15H13O2.3CH3.Sn/c16-12-14-8-4-5-9-15(14)17-11-10-13-6-2-1-3-7-13;;;;/h1-3,5-9,12H,10-11H2;3*1H3;. The number of carbonyl (C=O) groups excluding carboxylic acids is 1. The normalized spacial score (nSPS) is 11.2. The second kappa shape index (κ2) is 7.12. The van der Waals surface area contributed by atoms with E-state index in [-0.39, 0.29) is 0 Å². The number of benzene rings is 2. The fraction of sp³-hybridized carbons (Fsp3) is 0.278. The predicted octanol–water partition coefficient (Wildman–Crippen LogP) is 3.67. The quantitative estimate of drug-likeness (QED) is 0.557. The zero-order valence-electron chi connectivity index (χ0n) is 12.9. The van der Waals surface area contributed by atoms with Gasteiger partial charge in [-0.1, -0.05) is 0 Å². The van der Waals surface area contributed by atoms with Gasteiger partial charge in [0.15, 0.2) is 0 Å². The van der Waals surface area contributed by atoms with Gasteiger partial charge in [-0.25, -0.2) is 0 Å². The van der Waals surface area contributed by atoms with Crippen LogP contribution in [0.2, 0.25) is 14.8 Å². The molecule has 0 amide bonds. The summed E-state index contributed by atoms with van der Waals surface area (Å²) in [6.07, 6.45) is 1.75. The molecule has 2 nitrogen and oxygen atoms in total. The summed E-state index contributed by atoms with van der Waals surface area (Å²) in [6.45, 7) is 0.586. The minimum atomic E-state index is -2.13. The molecule has 3 heteroatoms. The number of aldehydes is 1. The molecule has 2 aromatic carbocycles. The van der Waals surface area contributed by atoms with Crippen molar-refractivity contribution in [2.45, 2.75) is 21.2 Å². The maximum atomic E-state index is 11.3. The van der Waals surface area contributed by atoms with Gasteiger partial charge in [-0.2, -0.15) is 0 Å². The van der Waals surface area contributed by atoms with Crippen molar-refractivity contribution in [2.24, 2.45) is 0 Å². The van der Waals surface area contributed by atoms with Crippen LogP contribution in [0.1, 0.15) is 15.9 Å². The molecule has 0 aliphatic rings. The van der Waals surface area contributed by atoms with Crippen molar-refractivity contribution >= 4 is 28.2 Å². The Balaban J connectivity index is 2.05. The SMILES string of the molecule is [CH3][Sn]([CH3])([CH3])[c]1ccc(OCCc2ccccc2)c(C=O)c1. The fourth-order valence-corrected chi connectivity index (χ4v) is 5.51. The molecule has 0 spiro atoms. The van der Waals surface area contributed by atoms with E-state index >= 15 is 0 Å². The average molecular weight is 389 g/mol. The Hall–Kier alpha value is -1.29. The molecule has 0 saturated carbocycles. The fourth-order valence-electron chi connectivity index (χ4n) is 2.16. The third kappa shape index (κ3) is 4.60. The van der Waals surface area contributed by atoms with Crippen molar-refractivity contribution in [3.8, 4) is 5.75 Å². The van der Waals surface area contributed by atoms with Crippen molar-refractivity contribution < 1.29 is 9.53 Å². The molecule has 0 heterocycles. The molecule has 0 unspecified atom stereocenters. The molecule has 0 aliphatic carbocycles. The van der Waals surface area contributed by atoms with Crippen LogP contribution in [0.15, 0.2) is 48.5 Å². The van der Waals surface area contributed by atoms with Crippen LogP contribution < -0.4 is 8.32 Å². The molecule has 110 valence electrons. The molecule has 0 saturated heterocycles. The number of hydrogen-bond acceptors (Lipinski definition) is 2. The molecule has 2 rings (SSSR count). The van der Waals surface area contributed by atoms with E-state index in [2.05, 4.69) is 33.0 Å². The van der Waals surface area contributed by atoms with Crippen LogP contribution >= 0.6 is 0 Å². The van der Waals surface area contributed by atoms with Gasteiger partial charge in [0.2, 0.25) is 0 Å². The predicted molar refractivity (Wildman–Crippen MR) is 90.5 cm³/mol. The van der Waals surface area contributed by atoms with Gasteiger partial charge >= 0.3 is 131 Å². The first-order valence-corrected chi connectivity index (χ1v) is 17.3. The first-order chi connectivity index (χ1) is 10.0. The van der Waals surface area contributed by atoms with Crippen LogP contribution in [0.5, 0.6) is 5.75 Å². The zero-order valence-corrected chi connectivity index (χ0v) is 15.8. The number of hydrogen-bond donors (Lipinski definition) is 0. The van der Waals surface area contributed by atoms with E-state index in [1.165, 1.54) is 9.14 Å². The first kappa shape index (κ1) is 16.1. The van der Waals surface area contributed by atoms with Crippen LogP contribution in [0.4, 0.5) is 0 Å². The molecular weight excluding hydrogens is 367 g/mol. The van der Waals surface area contributed by atoms with E-state index in [4.69, 9.17) is 4.74 Å². The topological polar surface area (TPSA) is 26.3 Å². The van der Waals surface area contributed by atoms with E-state index in [0.29, 0.717) is 17.9 Å². The van der Waals surface area contributed by atoms with Gasteiger partial charge in [0.25, 0.3) is 0 Å². The molecule has 2 aromatic rings. The van der Waals surface area contributed by atoms with Gasteiger partial charge in [-0.3, -0.25) is 0 Å². The average Bonchev–Trinajstić information content (AvgIpc) is 2.47. The Kier molecular flexibility index (Phi) is 5.45. The van der Waals surface area contributed by atoms with Gasteiger partial charge < -0.3 is 0 Å². The summed E-state index contributed by atoms with van der Waals surface area (Å²) in [5.74, 6) is 0.695. The van der Waals surface area contributed by atoms with Crippen LogP contribution in [0.25, 0.3) is 0 Å². The summed E-state index contributed by atoms with van der Waals surface area (Å²) in [6, 6.07) is 16.3. The molecule has 0 N–H and O–H groups in total. The molecule has 0 bridgehead atoms. The van der Waals surface area contributed by atoms with E-state index < -0.39 is 18.4 Å². The summed E-state index contributed by atoms with van der Waals surface area (Å²) in [5.41, 5.74) is 1.92. The van der Waals surface area contributed by atoms with Crippen molar-refractivity contribution in [2.75, 3.05) is 6.61 Å². The van der Waals surface area contributed by atoms with Crippen molar-refractivity contribution in [1.82, 2.24) is 0 Å². The third-order valence-electron chi connectivity index (χ3n) is 3.49. The van der Waals surface area contributed by atoms with Crippen LogP contribution in [-0.2, 0) is 6.42 Å². The van der Waals surface area contributed by atoms with Crippen molar-refractivity contribution in [3.63, 3.8) is 0 Å².